The normalized spacial score (nSPS) is 21.1. The molecule has 1 aromatic carbocycles. The molecule has 0 spiro atoms. The number of anilines is 1. The van der Waals surface area contributed by atoms with E-state index in [1.165, 1.54) is 23.5 Å². The van der Waals surface area contributed by atoms with Crippen molar-refractivity contribution in [3.8, 4) is 10.4 Å². The summed E-state index contributed by atoms with van der Waals surface area (Å²) in [6.07, 6.45) is 1.97. The largest absolute Gasteiger partial charge is 0.372 e. The van der Waals surface area contributed by atoms with Crippen LogP contribution in [0.25, 0.3) is 10.4 Å². The number of ether oxygens (including phenoxy) is 1. The molecule has 1 saturated heterocycles. The lowest BCUT2D eigenvalue weighted by Gasteiger charge is -2.28. The van der Waals surface area contributed by atoms with Gasteiger partial charge in [-0.25, -0.2) is 9.37 Å². The fourth-order valence-electron chi connectivity index (χ4n) is 2.45. The molecule has 0 saturated carbocycles. The van der Waals surface area contributed by atoms with Crippen molar-refractivity contribution in [1.82, 2.24) is 10.3 Å². The number of rotatable bonds is 4. The summed E-state index contributed by atoms with van der Waals surface area (Å²) in [5.41, 5.74) is 0.873. The van der Waals surface area contributed by atoms with E-state index in [9.17, 15) is 9.18 Å². The van der Waals surface area contributed by atoms with Crippen molar-refractivity contribution in [2.75, 3.05) is 18.4 Å². The van der Waals surface area contributed by atoms with E-state index < -0.39 is 0 Å². The van der Waals surface area contributed by atoms with Gasteiger partial charge in [0.1, 0.15) is 5.82 Å². The second-order valence-corrected chi connectivity index (χ2v) is 6.55. The Hall–Kier alpha value is -1.83. The van der Waals surface area contributed by atoms with E-state index in [1.54, 1.807) is 18.3 Å². The molecule has 2 atom stereocenters. The molecule has 7 heteroatoms. The van der Waals surface area contributed by atoms with Gasteiger partial charge in [0.05, 0.1) is 23.5 Å². The van der Waals surface area contributed by atoms with Crippen LogP contribution in [-0.2, 0) is 9.53 Å². The molecule has 3 rings (SSSR count). The first kappa shape index (κ1) is 16.0. The molecule has 1 amide bonds. The number of benzene rings is 1. The van der Waals surface area contributed by atoms with E-state index in [4.69, 9.17) is 4.74 Å². The number of halogens is 1. The Bertz CT molecular complexity index is 674. The summed E-state index contributed by atoms with van der Waals surface area (Å²) in [5, 5.41) is 6.56. The predicted molar refractivity (Wildman–Crippen MR) is 88.0 cm³/mol. The average Bonchev–Trinajstić information content (AvgIpc) is 2.96. The molecule has 2 N–H and O–H groups in total. The number of thiazole rings is 1. The molecule has 2 aromatic rings. The first-order valence-electron chi connectivity index (χ1n) is 7.48. The van der Waals surface area contributed by atoms with Crippen LogP contribution in [-0.4, -0.2) is 36.2 Å². The van der Waals surface area contributed by atoms with E-state index >= 15 is 0 Å². The van der Waals surface area contributed by atoms with Gasteiger partial charge in [0, 0.05) is 19.3 Å². The summed E-state index contributed by atoms with van der Waals surface area (Å²) in [6, 6.07) is 6.19. The quantitative estimate of drug-likeness (QED) is 0.902. The van der Waals surface area contributed by atoms with Crippen LogP contribution in [0.1, 0.15) is 13.3 Å². The maximum atomic E-state index is 12.9. The minimum absolute atomic E-state index is 0.115. The first-order valence-corrected chi connectivity index (χ1v) is 8.29. The van der Waals surface area contributed by atoms with Crippen LogP contribution in [0.5, 0.6) is 0 Å². The Balaban J connectivity index is 1.58. The zero-order valence-corrected chi connectivity index (χ0v) is 13.5. The number of nitrogens with one attached hydrogen (secondary N) is 2. The topological polar surface area (TPSA) is 63.2 Å². The van der Waals surface area contributed by atoms with Crippen molar-refractivity contribution in [1.29, 1.82) is 0 Å². The van der Waals surface area contributed by atoms with Crippen LogP contribution in [0.3, 0.4) is 0 Å². The van der Waals surface area contributed by atoms with Gasteiger partial charge in [-0.15, -0.1) is 0 Å². The molecule has 1 aromatic heterocycles. The number of hydrogen-bond donors (Lipinski definition) is 2. The Morgan fingerprint density at radius 3 is 2.96 bits per heavy atom. The van der Waals surface area contributed by atoms with Crippen molar-refractivity contribution in [3.05, 3.63) is 36.3 Å². The summed E-state index contributed by atoms with van der Waals surface area (Å²) in [4.78, 5) is 17.2. The predicted octanol–water partition coefficient (Wildman–Crippen LogP) is 2.65. The monoisotopic (exact) mass is 335 g/mol. The highest BCUT2D eigenvalue weighted by Crippen LogP contribution is 2.29. The lowest BCUT2D eigenvalue weighted by molar-refractivity contribution is -0.121. The van der Waals surface area contributed by atoms with Crippen molar-refractivity contribution < 1.29 is 13.9 Å². The number of hydrogen-bond acceptors (Lipinski definition) is 5. The minimum atomic E-state index is -0.276. The van der Waals surface area contributed by atoms with Gasteiger partial charge >= 0.3 is 0 Å². The van der Waals surface area contributed by atoms with Crippen LogP contribution >= 0.6 is 11.3 Å². The molecular formula is C16H18FN3O2S. The number of nitrogens with zero attached hydrogens (tertiary/aromatic N) is 1. The molecule has 2 unspecified atom stereocenters. The van der Waals surface area contributed by atoms with Crippen molar-refractivity contribution in [2.24, 2.45) is 0 Å². The molecule has 23 heavy (non-hydrogen) atoms. The summed E-state index contributed by atoms with van der Waals surface area (Å²) in [6.45, 7) is 3.47. The fourth-order valence-corrected chi connectivity index (χ4v) is 3.29. The van der Waals surface area contributed by atoms with Crippen molar-refractivity contribution in [2.45, 2.75) is 25.6 Å². The summed E-state index contributed by atoms with van der Waals surface area (Å²) >= 11 is 1.36. The zero-order valence-electron chi connectivity index (χ0n) is 12.7. The highest BCUT2D eigenvalue weighted by Gasteiger charge is 2.21. The lowest BCUT2D eigenvalue weighted by Crippen LogP contribution is -2.44. The standard InChI is InChI=1S/C16H18FN3O2S/c1-10-7-18-8-13(22-10)6-15(21)20-16-19-9-14(23-16)11-2-4-12(17)5-3-11/h2-5,9-10,13,18H,6-8H2,1H3,(H,19,20,21). The summed E-state index contributed by atoms with van der Waals surface area (Å²) in [7, 11) is 0. The number of carbonyl (C=O) groups excluding carboxylic acids is 1. The molecule has 1 aliphatic rings. The van der Waals surface area contributed by atoms with Gasteiger partial charge in [-0.2, -0.15) is 0 Å². The average molecular weight is 335 g/mol. The Labute approximate surface area is 137 Å². The van der Waals surface area contributed by atoms with Gasteiger partial charge in [0.25, 0.3) is 0 Å². The number of morpholine rings is 1. The SMILES string of the molecule is CC1CNCC(CC(=O)Nc2ncc(-c3ccc(F)cc3)s2)O1. The zero-order chi connectivity index (χ0) is 16.2. The van der Waals surface area contributed by atoms with Gasteiger partial charge < -0.3 is 15.4 Å². The van der Waals surface area contributed by atoms with Crippen LogP contribution < -0.4 is 10.6 Å². The first-order chi connectivity index (χ1) is 11.1. The highest BCUT2D eigenvalue weighted by molar-refractivity contribution is 7.19. The van der Waals surface area contributed by atoms with Gasteiger partial charge in [-0.1, -0.05) is 23.5 Å². The molecule has 0 bridgehead atoms. The molecule has 5 nitrogen and oxygen atoms in total. The minimum Gasteiger partial charge on any atom is -0.372 e. The van der Waals surface area contributed by atoms with E-state index in [1.807, 2.05) is 6.92 Å². The van der Waals surface area contributed by atoms with Crippen molar-refractivity contribution in [3.63, 3.8) is 0 Å². The van der Waals surface area contributed by atoms with Gasteiger partial charge in [-0.3, -0.25) is 4.79 Å². The maximum absolute atomic E-state index is 12.9. The van der Waals surface area contributed by atoms with Crippen LogP contribution in [0, 0.1) is 5.82 Å². The van der Waals surface area contributed by atoms with E-state index in [0.29, 0.717) is 18.1 Å². The van der Waals surface area contributed by atoms with Crippen molar-refractivity contribution >= 4 is 22.4 Å². The lowest BCUT2D eigenvalue weighted by atomic mass is 10.2. The molecule has 0 aliphatic carbocycles. The Kier molecular flexibility index (Phi) is 5.00. The van der Waals surface area contributed by atoms with Gasteiger partial charge in [0.15, 0.2) is 5.13 Å². The molecular weight excluding hydrogens is 317 g/mol. The molecule has 122 valence electrons. The van der Waals surface area contributed by atoms with Gasteiger partial charge in [-0.05, 0) is 24.6 Å². The second-order valence-electron chi connectivity index (χ2n) is 5.52. The van der Waals surface area contributed by atoms with Crippen LogP contribution in [0.2, 0.25) is 0 Å². The summed E-state index contributed by atoms with van der Waals surface area (Å²) < 4.78 is 18.6. The van der Waals surface area contributed by atoms with Gasteiger partial charge in [0.2, 0.25) is 5.91 Å². The number of amides is 1. The Morgan fingerprint density at radius 2 is 2.22 bits per heavy atom. The third-order valence-electron chi connectivity index (χ3n) is 3.52. The smallest absolute Gasteiger partial charge is 0.228 e. The molecule has 1 fully saturated rings. The third-order valence-corrected chi connectivity index (χ3v) is 4.48. The number of aromatic nitrogens is 1. The third kappa shape index (κ3) is 4.34. The second kappa shape index (κ2) is 7.16. The van der Waals surface area contributed by atoms with E-state index in [0.717, 1.165) is 17.0 Å². The van der Waals surface area contributed by atoms with E-state index in [2.05, 4.69) is 15.6 Å². The van der Waals surface area contributed by atoms with Crippen LogP contribution in [0.4, 0.5) is 9.52 Å². The molecule has 0 radical (unpaired) electrons. The van der Waals surface area contributed by atoms with E-state index in [-0.39, 0.29) is 23.9 Å². The highest BCUT2D eigenvalue weighted by atomic mass is 32.1. The number of carbonyl (C=O) groups is 1. The fraction of sp³-hybridized carbons (Fsp3) is 0.375. The Morgan fingerprint density at radius 1 is 1.43 bits per heavy atom. The molecule has 1 aliphatic heterocycles. The summed E-state index contributed by atoms with van der Waals surface area (Å²) in [5.74, 6) is -0.395. The molecule has 2 heterocycles. The maximum Gasteiger partial charge on any atom is 0.228 e. The van der Waals surface area contributed by atoms with Crippen LogP contribution in [0.15, 0.2) is 30.5 Å².